The largest absolute Gasteiger partial charge is 0.398 e. The average Bonchev–Trinajstić information content (AvgIpc) is 2.54. The lowest BCUT2D eigenvalue weighted by atomic mass is 9.90. The fraction of sp³-hybridized carbons (Fsp3) is 0.562. The Morgan fingerprint density at radius 2 is 2.00 bits per heavy atom. The molecule has 0 aliphatic carbocycles. The number of nitrogens with two attached hydrogens (primary N) is 2. The van der Waals surface area contributed by atoms with Gasteiger partial charge in [-0.1, -0.05) is 0 Å². The number of carbonyl (C=O) groups excluding carboxylic acids is 2. The normalized spacial score (nSPS) is 18.3. The first kappa shape index (κ1) is 17.2. The highest BCUT2D eigenvalue weighted by molar-refractivity contribution is 5.98. The number of nitrogen functional groups attached to an aromatic ring is 1. The van der Waals surface area contributed by atoms with Gasteiger partial charge in [0.1, 0.15) is 0 Å². The molecule has 0 radical (unpaired) electrons. The topological polar surface area (TPSA) is 114 Å². The molecule has 2 heterocycles. The molecule has 7 nitrogen and oxygen atoms in total. The second-order valence-electron chi connectivity index (χ2n) is 6.18. The Bertz CT molecular complexity index is 567. The van der Waals surface area contributed by atoms with Gasteiger partial charge in [-0.15, -0.1) is 0 Å². The SMILES string of the molecule is CC(NC(=O)c1cnccc1N)C1CCN(C(=O)[C@H](C)N)CC1. The van der Waals surface area contributed by atoms with Gasteiger partial charge in [-0.3, -0.25) is 14.6 Å². The van der Waals surface area contributed by atoms with Gasteiger partial charge in [-0.05, 0) is 38.7 Å². The molecule has 126 valence electrons. The Labute approximate surface area is 136 Å². The fourth-order valence-corrected chi connectivity index (χ4v) is 2.91. The van der Waals surface area contributed by atoms with Crippen LogP contribution in [0.5, 0.6) is 0 Å². The van der Waals surface area contributed by atoms with E-state index in [-0.39, 0.29) is 17.9 Å². The van der Waals surface area contributed by atoms with Crippen molar-refractivity contribution < 1.29 is 9.59 Å². The van der Waals surface area contributed by atoms with Gasteiger partial charge in [0.15, 0.2) is 0 Å². The minimum atomic E-state index is -0.461. The monoisotopic (exact) mass is 319 g/mol. The van der Waals surface area contributed by atoms with Crippen LogP contribution in [0.3, 0.4) is 0 Å². The van der Waals surface area contributed by atoms with Gasteiger partial charge in [0, 0.05) is 37.2 Å². The third kappa shape index (κ3) is 4.19. The van der Waals surface area contributed by atoms with Gasteiger partial charge in [0.05, 0.1) is 11.6 Å². The van der Waals surface area contributed by atoms with Gasteiger partial charge < -0.3 is 21.7 Å². The molecule has 0 spiro atoms. The van der Waals surface area contributed by atoms with Crippen molar-refractivity contribution in [2.45, 2.75) is 38.8 Å². The maximum atomic E-state index is 12.3. The molecule has 1 aromatic rings. The third-order valence-electron chi connectivity index (χ3n) is 4.41. The summed E-state index contributed by atoms with van der Waals surface area (Å²) in [6.07, 6.45) is 4.73. The number of pyridine rings is 1. The smallest absolute Gasteiger partial charge is 0.255 e. The lowest BCUT2D eigenvalue weighted by molar-refractivity contribution is -0.133. The number of nitrogens with zero attached hydrogens (tertiary/aromatic N) is 2. The molecule has 0 bridgehead atoms. The van der Waals surface area contributed by atoms with Gasteiger partial charge in [0.2, 0.25) is 5.91 Å². The second-order valence-corrected chi connectivity index (χ2v) is 6.18. The molecule has 23 heavy (non-hydrogen) atoms. The lowest BCUT2D eigenvalue weighted by Gasteiger charge is -2.35. The molecule has 0 aromatic carbocycles. The number of aromatic nitrogens is 1. The molecule has 2 rings (SSSR count). The van der Waals surface area contributed by atoms with E-state index >= 15 is 0 Å². The summed E-state index contributed by atoms with van der Waals surface area (Å²) < 4.78 is 0. The van der Waals surface area contributed by atoms with Gasteiger partial charge in [0.25, 0.3) is 5.91 Å². The number of hydrogen-bond acceptors (Lipinski definition) is 5. The first-order valence-electron chi connectivity index (χ1n) is 7.95. The molecule has 7 heteroatoms. The number of hydrogen-bond donors (Lipinski definition) is 3. The fourth-order valence-electron chi connectivity index (χ4n) is 2.91. The highest BCUT2D eigenvalue weighted by atomic mass is 16.2. The minimum Gasteiger partial charge on any atom is -0.398 e. The van der Waals surface area contributed by atoms with Crippen LogP contribution in [0.4, 0.5) is 5.69 Å². The molecule has 5 N–H and O–H groups in total. The van der Waals surface area contributed by atoms with Crippen molar-refractivity contribution >= 4 is 17.5 Å². The maximum Gasteiger partial charge on any atom is 0.255 e. The lowest BCUT2D eigenvalue weighted by Crippen LogP contribution is -2.49. The average molecular weight is 319 g/mol. The van der Waals surface area contributed by atoms with Crippen LogP contribution < -0.4 is 16.8 Å². The van der Waals surface area contributed by atoms with E-state index in [1.165, 1.54) is 6.20 Å². The van der Waals surface area contributed by atoms with Crippen molar-refractivity contribution in [3.8, 4) is 0 Å². The number of nitrogens with one attached hydrogen (secondary N) is 1. The van der Waals surface area contributed by atoms with Crippen LogP contribution in [-0.2, 0) is 4.79 Å². The van der Waals surface area contributed by atoms with Crippen LogP contribution >= 0.6 is 0 Å². The molecule has 1 saturated heterocycles. The van der Waals surface area contributed by atoms with E-state index in [2.05, 4.69) is 10.3 Å². The summed E-state index contributed by atoms with van der Waals surface area (Å²) in [5.41, 5.74) is 12.2. The number of carbonyl (C=O) groups is 2. The van der Waals surface area contributed by atoms with E-state index in [1.54, 1.807) is 24.1 Å². The molecular formula is C16H25N5O2. The molecule has 1 fully saturated rings. The number of piperidine rings is 1. The van der Waals surface area contributed by atoms with Crippen LogP contribution in [0.1, 0.15) is 37.0 Å². The van der Waals surface area contributed by atoms with E-state index in [0.717, 1.165) is 12.8 Å². The summed E-state index contributed by atoms with van der Waals surface area (Å²) in [7, 11) is 0. The summed E-state index contributed by atoms with van der Waals surface area (Å²) in [5.74, 6) is 0.106. The number of likely N-dealkylation sites (tertiary alicyclic amines) is 1. The zero-order valence-electron chi connectivity index (χ0n) is 13.7. The maximum absolute atomic E-state index is 12.3. The molecule has 2 atom stereocenters. The van der Waals surface area contributed by atoms with Crippen LogP contribution in [0, 0.1) is 5.92 Å². The highest BCUT2D eigenvalue weighted by Crippen LogP contribution is 2.21. The molecule has 2 amide bonds. The van der Waals surface area contributed by atoms with E-state index < -0.39 is 6.04 Å². The number of anilines is 1. The number of amides is 2. The zero-order chi connectivity index (χ0) is 17.0. The Morgan fingerprint density at radius 1 is 1.35 bits per heavy atom. The van der Waals surface area contributed by atoms with Crippen molar-refractivity contribution in [3.05, 3.63) is 24.0 Å². The van der Waals surface area contributed by atoms with Crippen LogP contribution in [0.2, 0.25) is 0 Å². The van der Waals surface area contributed by atoms with E-state index in [1.807, 2.05) is 6.92 Å². The first-order valence-corrected chi connectivity index (χ1v) is 7.95. The van der Waals surface area contributed by atoms with E-state index in [0.29, 0.717) is 30.3 Å². The predicted molar refractivity (Wildman–Crippen MR) is 88.5 cm³/mol. The minimum absolute atomic E-state index is 0.00894. The number of rotatable bonds is 4. The molecule has 0 saturated carbocycles. The Kier molecular flexibility index (Phi) is 5.54. The van der Waals surface area contributed by atoms with Crippen LogP contribution in [0.15, 0.2) is 18.5 Å². The van der Waals surface area contributed by atoms with Crippen molar-refractivity contribution in [1.29, 1.82) is 0 Å². The second kappa shape index (κ2) is 7.41. The van der Waals surface area contributed by atoms with Crippen molar-refractivity contribution in [1.82, 2.24) is 15.2 Å². The van der Waals surface area contributed by atoms with Gasteiger partial charge in [-0.2, -0.15) is 0 Å². The molecule has 1 aliphatic rings. The summed E-state index contributed by atoms with van der Waals surface area (Å²) in [5, 5.41) is 2.99. The van der Waals surface area contributed by atoms with E-state index in [4.69, 9.17) is 11.5 Å². The first-order chi connectivity index (χ1) is 10.9. The standard InChI is InChI=1S/C16H25N5O2/c1-10(17)16(23)21-7-4-12(5-8-21)11(2)20-15(22)13-9-19-6-3-14(13)18/h3,6,9-12H,4-5,7-8,17H2,1-2H3,(H2,18,19)(H,20,22)/t10-,11?/m0/s1. The van der Waals surface area contributed by atoms with Crippen molar-refractivity contribution in [3.63, 3.8) is 0 Å². The summed E-state index contributed by atoms with van der Waals surface area (Å²) in [6, 6.07) is 1.16. The Balaban J connectivity index is 1.88. The van der Waals surface area contributed by atoms with Gasteiger partial charge >= 0.3 is 0 Å². The van der Waals surface area contributed by atoms with Crippen LogP contribution in [0.25, 0.3) is 0 Å². The van der Waals surface area contributed by atoms with Crippen molar-refractivity contribution in [2.24, 2.45) is 11.7 Å². The molecule has 1 aromatic heterocycles. The van der Waals surface area contributed by atoms with E-state index in [9.17, 15) is 9.59 Å². The zero-order valence-corrected chi connectivity index (χ0v) is 13.7. The summed E-state index contributed by atoms with van der Waals surface area (Å²) in [4.78, 5) is 29.9. The van der Waals surface area contributed by atoms with Crippen LogP contribution in [-0.4, -0.2) is 46.9 Å². The Hall–Kier alpha value is -2.15. The molecule has 1 aliphatic heterocycles. The summed E-state index contributed by atoms with van der Waals surface area (Å²) >= 11 is 0. The van der Waals surface area contributed by atoms with Crippen molar-refractivity contribution in [2.75, 3.05) is 18.8 Å². The molecular weight excluding hydrogens is 294 g/mol. The summed E-state index contributed by atoms with van der Waals surface area (Å²) in [6.45, 7) is 5.05. The Morgan fingerprint density at radius 3 is 2.57 bits per heavy atom. The quantitative estimate of drug-likeness (QED) is 0.741. The highest BCUT2D eigenvalue weighted by Gasteiger charge is 2.28. The molecule has 1 unspecified atom stereocenters. The van der Waals surface area contributed by atoms with Gasteiger partial charge in [-0.25, -0.2) is 0 Å². The predicted octanol–water partition coefficient (Wildman–Crippen LogP) is 0.368. The third-order valence-corrected chi connectivity index (χ3v) is 4.41.